The lowest BCUT2D eigenvalue weighted by molar-refractivity contribution is 0.215. The van der Waals surface area contributed by atoms with Crippen LogP contribution in [0.4, 0.5) is 10.6 Å². The standard InChI is InChI=1S/C23H20N4O3/c1-16-21(17-13-14-26(2)20(28)15-17)25-27(18-9-5-3-6-10-18)22(16)24-23(29)30-19-11-7-4-8-12-19/h3-15H,1-2H3,(H,24,29). The maximum Gasteiger partial charge on any atom is 0.418 e. The highest BCUT2D eigenvalue weighted by atomic mass is 16.6. The largest absolute Gasteiger partial charge is 0.418 e. The van der Waals surface area contributed by atoms with Gasteiger partial charge >= 0.3 is 6.09 Å². The molecule has 2 aromatic heterocycles. The fourth-order valence-electron chi connectivity index (χ4n) is 3.09. The molecule has 0 aliphatic rings. The van der Waals surface area contributed by atoms with Crippen LogP contribution in [0.25, 0.3) is 16.9 Å². The predicted molar refractivity (Wildman–Crippen MR) is 115 cm³/mol. The van der Waals surface area contributed by atoms with Gasteiger partial charge < -0.3 is 9.30 Å². The summed E-state index contributed by atoms with van der Waals surface area (Å²) in [5.41, 5.74) is 2.62. The van der Waals surface area contributed by atoms with Crippen molar-refractivity contribution in [1.29, 1.82) is 0 Å². The lowest BCUT2D eigenvalue weighted by atomic mass is 10.1. The quantitative estimate of drug-likeness (QED) is 0.558. The van der Waals surface area contributed by atoms with E-state index in [4.69, 9.17) is 4.74 Å². The molecular weight excluding hydrogens is 380 g/mol. The van der Waals surface area contributed by atoms with Crippen LogP contribution in [-0.4, -0.2) is 20.4 Å². The third kappa shape index (κ3) is 3.86. The van der Waals surface area contributed by atoms with Crippen molar-refractivity contribution >= 4 is 11.9 Å². The van der Waals surface area contributed by atoms with E-state index in [1.807, 2.05) is 49.4 Å². The van der Waals surface area contributed by atoms with E-state index >= 15 is 0 Å². The van der Waals surface area contributed by atoms with Crippen molar-refractivity contribution in [3.8, 4) is 22.7 Å². The van der Waals surface area contributed by atoms with E-state index in [2.05, 4.69) is 10.4 Å². The first-order chi connectivity index (χ1) is 14.5. The number of ether oxygens (including phenoxy) is 1. The Labute approximate surface area is 173 Å². The number of carbonyl (C=O) groups excluding carboxylic acids is 1. The molecule has 2 heterocycles. The van der Waals surface area contributed by atoms with Gasteiger partial charge in [0.05, 0.1) is 11.4 Å². The third-order valence-electron chi connectivity index (χ3n) is 4.67. The second-order valence-electron chi connectivity index (χ2n) is 6.76. The predicted octanol–water partition coefficient (Wildman–Crippen LogP) is 4.16. The molecule has 4 aromatic rings. The third-order valence-corrected chi connectivity index (χ3v) is 4.67. The van der Waals surface area contributed by atoms with Gasteiger partial charge in [-0.15, -0.1) is 0 Å². The summed E-state index contributed by atoms with van der Waals surface area (Å²) >= 11 is 0. The van der Waals surface area contributed by atoms with Gasteiger partial charge in [-0.3, -0.25) is 10.1 Å². The number of rotatable bonds is 4. The van der Waals surface area contributed by atoms with Crippen molar-refractivity contribution in [1.82, 2.24) is 14.3 Å². The highest BCUT2D eigenvalue weighted by Crippen LogP contribution is 2.30. The van der Waals surface area contributed by atoms with Gasteiger partial charge in [0.25, 0.3) is 5.56 Å². The van der Waals surface area contributed by atoms with Gasteiger partial charge in [-0.2, -0.15) is 5.10 Å². The van der Waals surface area contributed by atoms with Crippen molar-refractivity contribution in [2.24, 2.45) is 7.05 Å². The molecule has 4 rings (SSSR count). The van der Waals surface area contributed by atoms with Crippen molar-refractivity contribution in [3.63, 3.8) is 0 Å². The molecule has 0 spiro atoms. The highest BCUT2D eigenvalue weighted by Gasteiger charge is 2.20. The summed E-state index contributed by atoms with van der Waals surface area (Å²) in [6.07, 6.45) is 1.06. The Balaban J connectivity index is 1.75. The fourth-order valence-corrected chi connectivity index (χ4v) is 3.09. The van der Waals surface area contributed by atoms with E-state index in [0.717, 1.165) is 11.3 Å². The van der Waals surface area contributed by atoms with Gasteiger partial charge in [-0.05, 0) is 37.3 Å². The number of anilines is 1. The molecule has 1 amide bonds. The number of para-hydroxylation sites is 2. The molecule has 1 N–H and O–H groups in total. The average Bonchev–Trinajstić information content (AvgIpc) is 3.07. The van der Waals surface area contributed by atoms with Crippen LogP contribution in [0.5, 0.6) is 5.75 Å². The van der Waals surface area contributed by atoms with Crippen molar-refractivity contribution < 1.29 is 9.53 Å². The summed E-state index contributed by atoms with van der Waals surface area (Å²) in [5.74, 6) is 0.906. The van der Waals surface area contributed by atoms with Gasteiger partial charge in [-0.25, -0.2) is 9.48 Å². The average molecular weight is 400 g/mol. The first-order valence-electron chi connectivity index (χ1n) is 9.39. The van der Waals surface area contributed by atoms with Crippen LogP contribution in [-0.2, 0) is 7.05 Å². The van der Waals surface area contributed by atoms with E-state index in [9.17, 15) is 9.59 Å². The Morgan fingerprint density at radius 3 is 2.33 bits per heavy atom. The fraction of sp³-hybridized carbons (Fsp3) is 0.0870. The van der Waals surface area contributed by atoms with Crippen molar-refractivity contribution in [2.75, 3.05) is 5.32 Å². The number of hydrogen-bond donors (Lipinski definition) is 1. The number of carbonyl (C=O) groups is 1. The molecule has 0 saturated carbocycles. The number of hydrogen-bond acceptors (Lipinski definition) is 4. The van der Waals surface area contributed by atoms with Crippen LogP contribution < -0.4 is 15.6 Å². The molecule has 0 saturated heterocycles. The summed E-state index contributed by atoms with van der Waals surface area (Å²) in [4.78, 5) is 24.6. The monoisotopic (exact) mass is 400 g/mol. The molecule has 0 aliphatic heterocycles. The highest BCUT2D eigenvalue weighted by molar-refractivity contribution is 5.88. The van der Waals surface area contributed by atoms with E-state index in [-0.39, 0.29) is 5.56 Å². The van der Waals surface area contributed by atoms with Crippen molar-refractivity contribution in [3.05, 3.63) is 94.9 Å². The Hall–Kier alpha value is -4.13. The molecule has 0 atom stereocenters. The van der Waals surface area contributed by atoms with Crippen LogP contribution >= 0.6 is 0 Å². The summed E-state index contributed by atoms with van der Waals surface area (Å²) in [6.45, 7) is 1.84. The number of nitrogens with zero attached hydrogens (tertiary/aromatic N) is 3. The number of amides is 1. The molecule has 0 aliphatic carbocycles. The number of aryl methyl sites for hydroxylation is 1. The summed E-state index contributed by atoms with van der Waals surface area (Å²) < 4.78 is 8.49. The first kappa shape index (κ1) is 19.2. The van der Waals surface area contributed by atoms with E-state index in [1.54, 1.807) is 42.2 Å². The maximum atomic E-state index is 12.5. The molecular formula is C23H20N4O3. The molecule has 7 heteroatoms. The minimum atomic E-state index is -0.628. The lowest BCUT2D eigenvalue weighted by Crippen LogP contribution is -2.19. The van der Waals surface area contributed by atoms with Gasteiger partial charge in [0, 0.05) is 30.4 Å². The van der Waals surface area contributed by atoms with Gasteiger partial charge in [0.15, 0.2) is 0 Å². The smallest absolute Gasteiger partial charge is 0.410 e. The van der Waals surface area contributed by atoms with Crippen LogP contribution in [0.15, 0.2) is 83.8 Å². The first-order valence-corrected chi connectivity index (χ1v) is 9.39. The summed E-state index contributed by atoms with van der Waals surface area (Å²) in [7, 11) is 1.69. The van der Waals surface area contributed by atoms with E-state index in [0.29, 0.717) is 22.8 Å². The zero-order chi connectivity index (χ0) is 21.1. The molecule has 2 aromatic carbocycles. The van der Waals surface area contributed by atoms with Crippen LogP contribution in [0.3, 0.4) is 0 Å². The Bertz CT molecular complexity index is 1240. The lowest BCUT2D eigenvalue weighted by Gasteiger charge is -2.10. The summed E-state index contributed by atoms with van der Waals surface area (Å²) in [5, 5.41) is 7.48. The van der Waals surface area contributed by atoms with E-state index in [1.165, 1.54) is 10.6 Å². The zero-order valence-corrected chi connectivity index (χ0v) is 16.6. The summed E-state index contributed by atoms with van der Waals surface area (Å²) in [6, 6.07) is 21.6. The second-order valence-corrected chi connectivity index (χ2v) is 6.76. The van der Waals surface area contributed by atoms with Crippen LogP contribution in [0.2, 0.25) is 0 Å². The van der Waals surface area contributed by atoms with Gasteiger partial charge in [0.1, 0.15) is 11.6 Å². The minimum Gasteiger partial charge on any atom is -0.410 e. The van der Waals surface area contributed by atoms with E-state index < -0.39 is 6.09 Å². The molecule has 7 nitrogen and oxygen atoms in total. The number of benzene rings is 2. The SMILES string of the molecule is Cc1c(-c2ccn(C)c(=O)c2)nn(-c2ccccc2)c1NC(=O)Oc1ccccc1. The van der Waals surface area contributed by atoms with Crippen molar-refractivity contribution in [2.45, 2.75) is 6.92 Å². The molecule has 0 unspecified atom stereocenters. The molecule has 0 fully saturated rings. The zero-order valence-electron chi connectivity index (χ0n) is 16.6. The Morgan fingerprint density at radius 2 is 1.67 bits per heavy atom. The second kappa shape index (κ2) is 8.08. The van der Waals surface area contributed by atoms with Crippen LogP contribution in [0, 0.1) is 6.92 Å². The van der Waals surface area contributed by atoms with Gasteiger partial charge in [-0.1, -0.05) is 36.4 Å². The van der Waals surface area contributed by atoms with Crippen LogP contribution in [0.1, 0.15) is 5.56 Å². The minimum absolute atomic E-state index is 0.140. The maximum absolute atomic E-state index is 12.5. The number of pyridine rings is 1. The molecule has 150 valence electrons. The molecule has 0 bridgehead atoms. The normalized spacial score (nSPS) is 10.6. The molecule has 0 radical (unpaired) electrons. The number of nitrogens with one attached hydrogen (secondary N) is 1. The Morgan fingerprint density at radius 1 is 1.00 bits per heavy atom. The number of aromatic nitrogens is 3. The van der Waals surface area contributed by atoms with Gasteiger partial charge in [0.2, 0.25) is 0 Å². The molecule has 30 heavy (non-hydrogen) atoms. The Kier molecular flexibility index (Phi) is 5.17. The topological polar surface area (TPSA) is 78.2 Å².